The van der Waals surface area contributed by atoms with E-state index in [4.69, 9.17) is 13.6 Å². The van der Waals surface area contributed by atoms with Crippen LogP contribution >= 0.6 is 30.6 Å². The van der Waals surface area contributed by atoms with E-state index in [-0.39, 0.29) is 38.5 Å². The van der Waals surface area contributed by atoms with Gasteiger partial charge < -0.3 is 29.4 Å². The van der Waals surface area contributed by atoms with E-state index < -0.39 is 65.9 Å². The Bertz CT molecular complexity index is 755. The molecule has 0 aliphatic rings. The fraction of sp³-hybridized carbons (Fsp3) is 1.00. The minimum absolute atomic E-state index is 0.137. The van der Waals surface area contributed by atoms with Crippen molar-refractivity contribution in [2.45, 2.75) is 115 Å². The number of phosphoric ester groups is 1. The summed E-state index contributed by atoms with van der Waals surface area (Å²) in [4.78, 5) is 60.6. The van der Waals surface area contributed by atoms with E-state index in [2.05, 4.69) is 0 Å². The first-order valence-electron chi connectivity index (χ1n) is 11.6. The molecule has 0 aromatic carbocycles. The van der Waals surface area contributed by atoms with Crippen LogP contribution in [0.3, 0.4) is 0 Å². The van der Waals surface area contributed by atoms with Gasteiger partial charge in [-0.05, 0) is 38.5 Å². The van der Waals surface area contributed by atoms with Gasteiger partial charge in [-0.3, -0.25) is 27.3 Å². The zero-order chi connectivity index (χ0) is 28.0. The van der Waals surface area contributed by atoms with Gasteiger partial charge in [-0.15, -0.1) is 0 Å². The second-order valence-electron chi connectivity index (χ2n) is 8.50. The Morgan fingerprint density at radius 1 is 0.486 bits per heavy atom. The number of hydrogen-bond acceptors (Lipinski definition) is 7. The third kappa shape index (κ3) is 8.27. The predicted octanol–water partition coefficient (Wildman–Crippen LogP) is 5.40. The molecule has 0 spiro atoms. The summed E-state index contributed by atoms with van der Waals surface area (Å²) in [7, 11) is -21.2. The van der Waals surface area contributed by atoms with E-state index in [0.29, 0.717) is 0 Å². The Morgan fingerprint density at radius 2 is 0.686 bits per heavy atom. The maximum Gasteiger partial charge on any atom is 0.478 e. The molecule has 35 heavy (non-hydrogen) atoms. The molecule has 0 rings (SSSR count). The SMILES string of the molecule is CCCC(CC)(OP(=O)(OC(CC)(CCC)P(=O)(O)O)OC(CC)(CCC)P(=O)(O)O)P(=O)(O)O. The highest BCUT2D eigenvalue weighted by atomic mass is 31.2. The van der Waals surface area contributed by atoms with Crippen molar-refractivity contribution in [3.8, 4) is 0 Å². The van der Waals surface area contributed by atoms with Crippen molar-refractivity contribution in [3.05, 3.63) is 0 Å². The third-order valence-corrected chi connectivity index (χ3v) is 13.2. The second kappa shape index (κ2) is 13.1. The molecule has 17 heteroatoms. The first kappa shape index (κ1) is 35.6. The predicted molar refractivity (Wildman–Crippen MR) is 131 cm³/mol. The monoisotopic (exact) mass is 590 g/mol. The number of hydrogen-bond donors (Lipinski definition) is 6. The van der Waals surface area contributed by atoms with Gasteiger partial charge in [0.05, 0.1) is 0 Å². The van der Waals surface area contributed by atoms with Gasteiger partial charge in [-0.25, -0.2) is 4.57 Å². The van der Waals surface area contributed by atoms with Gasteiger partial charge in [0, 0.05) is 0 Å². The quantitative estimate of drug-likeness (QED) is 0.110. The molecule has 0 amide bonds. The fourth-order valence-electron chi connectivity index (χ4n) is 3.93. The summed E-state index contributed by atoms with van der Waals surface area (Å²) in [5, 5.41) is -7.38. The first-order chi connectivity index (χ1) is 15.7. The zero-order valence-corrected chi connectivity index (χ0v) is 24.8. The normalized spacial score (nSPS) is 20.5. The number of phosphoric acid groups is 1. The topological polar surface area (TPSA) is 217 Å². The third-order valence-electron chi connectivity index (χ3n) is 6.02. The molecule has 0 aromatic heterocycles. The fourth-order valence-corrected chi connectivity index (χ4v) is 10.9. The summed E-state index contributed by atoms with van der Waals surface area (Å²) < 4.78 is 68.0. The van der Waals surface area contributed by atoms with E-state index >= 15 is 0 Å². The summed E-state index contributed by atoms with van der Waals surface area (Å²) in [6.45, 7) is 8.72. The van der Waals surface area contributed by atoms with Crippen LogP contribution in [0.2, 0.25) is 0 Å². The highest BCUT2D eigenvalue weighted by molar-refractivity contribution is 7.57. The van der Waals surface area contributed by atoms with Crippen LogP contribution in [0, 0.1) is 0 Å². The Morgan fingerprint density at radius 3 is 0.800 bits per heavy atom. The van der Waals surface area contributed by atoms with Crippen molar-refractivity contribution in [2.75, 3.05) is 0 Å². The van der Waals surface area contributed by atoms with Crippen molar-refractivity contribution >= 4 is 30.6 Å². The van der Waals surface area contributed by atoms with Crippen molar-refractivity contribution in [2.24, 2.45) is 0 Å². The highest BCUT2D eigenvalue weighted by Crippen LogP contribution is 2.74. The van der Waals surface area contributed by atoms with Crippen LogP contribution in [0.15, 0.2) is 0 Å². The van der Waals surface area contributed by atoms with Crippen molar-refractivity contribution in [3.63, 3.8) is 0 Å². The second-order valence-corrected chi connectivity index (χ2v) is 15.7. The molecule has 3 unspecified atom stereocenters. The molecule has 0 radical (unpaired) electrons. The maximum atomic E-state index is 14.2. The largest absolute Gasteiger partial charge is 0.478 e. The Balaban J connectivity index is 7.27. The smallest absolute Gasteiger partial charge is 0.322 e. The Hall–Kier alpha value is 0.560. The molecule has 0 saturated carbocycles. The Kier molecular flexibility index (Phi) is 13.3. The van der Waals surface area contributed by atoms with Gasteiger partial charge in [-0.2, -0.15) is 0 Å². The summed E-state index contributed by atoms with van der Waals surface area (Å²) >= 11 is 0. The molecule has 0 fully saturated rings. The summed E-state index contributed by atoms with van der Waals surface area (Å²) in [5.41, 5.74) is 0. The van der Waals surface area contributed by atoms with Crippen LogP contribution in [0.1, 0.15) is 99.3 Å². The molecular formula is C18H42O13P4. The standard InChI is InChI=1S/C18H42O13P4/c1-7-13-16(10-4,32(19,20)21)29-35(28,30-17(11-5,14-8-2)33(22,23)24)31-18(12-6,15-9-3)34(25,26)27/h7-15H2,1-6H3,(H2,19,20,21)(H2,22,23,24)(H2,25,26,27). The lowest BCUT2D eigenvalue weighted by Crippen LogP contribution is -2.39. The van der Waals surface area contributed by atoms with Gasteiger partial charge >= 0.3 is 30.6 Å². The van der Waals surface area contributed by atoms with Gasteiger partial charge in [0.2, 0.25) is 0 Å². The lowest BCUT2D eigenvalue weighted by molar-refractivity contribution is -0.0333. The maximum absolute atomic E-state index is 14.2. The molecule has 3 atom stereocenters. The van der Waals surface area contributed by atoms with Gasteiger partial charge in [0.15, 0.2) is 16.0 Å². The van der Waals surface area contributed by atoms with Crippen LogP contribution in [0.5, 0.6) is 0 Å². The van der Waals surface area contributed by atoms with E-state index in [1.54, 1.807) is 20.8 Å². The summed E-state index contributed by atoms with van der Waals surface area (Å²) in [6, 6.07) is 0. The van der Waals surface area contributed by atoms with Gasteiger partial charge in [0.1, 0.15) is 0 Å². The lowest BCUT2D eigenvalue weighted by Gasteiger charge is -2.43. The number of rotatable bonds is 18. The van der Waals surface area contributed by atoms with Crippen LogP contribution < -0.4 is 0 Å². The van der Waals surface area contributed by atoms with E-state index in [0.717, 1.165) is 0 Å². The first-order valence-corrected chi connectivity index (χ1v) is 17.9. The average molecular weight is 590 g/mol. The summed E-state index contributed by atoms with van der Waals surface area (Å²) in [6.07, 6.45) is -1.87. The van der Waals surface area contributed by atoms with E-state index in [1.165, 1.54) is 20.8 Å². The highest BCUT2D eigenvalue weighted by Gasteiger charge is 2.61. The van der Waals surface area contributed by atoms with Gasteiger partial charge in [-0.1, -0.05) is 60.8 Å². The molecular weight excluding hydrogens is 548 g/mol. The lowest BCUT2D eigenvalue weighted by atomic mass is 10.1. The zero-order valence-electron chi connectivity index (χ0n) is 21.2. The average Bonchev–Trinajstić information content (AvgIpc) is 2.70. The molecule has 0 heterocycles. The molecule has 0 aliphatic carbocycles. The molecule has 212 valence electrons. The van der Waals surface area contributed by atoms with Crippen LogP contribution in [-0.4, -0.2) is 45.4 Å². The molecule has 6 N–H and O–H groups in total. The molecule has 13 nitrogen and oxygen atoms in total. The molecule has 0 bridgehead atoms. The molecule has 0 aliphatic heterocycles. The van der Waals surface area contributed by atoms with Gasteiger partial charge in [0.25, 0.3) is 0 Å². The van der Waals surface area contributed by atoms with Crippen molar-refractivity contribution in [1.82, 2.24) is 0 Å². The molecule has 0 saturated heterocycles. The van der Waals surface area contributed by atoms with Crippen LogP contribution in [0.4, 0.5) is 0 Å². The van der Waals surface area contributed by atoms with Crippen molar-refractivity contribution in [1.29, 1.82) is 0 Å². The van der Waals surface area contributed by atoms with E-state index in [1.807, 2.05) is 0 Å². The van der Waals surface area contributed by atoms with E-state index in [9.17, 15) is 47.6 Å². The summed E-state index contributed by atoms with van der Waals surface area (Å²) in [5.74, 6) is 0. The Labute approximate surface area is 207 Å². The molecule has 0 aromatic rings. The van der Waals surface area contributed by atoms with Crippen molar-refractivity contribution < 1.29 is 61.2 Å². The minimum Gasteiger partial charge on any atom is -0.322 e. The van der Waals surface area contributed by atoms with Crippen LogP contribution in [-0.2, 0) is 31.8 Å². The van der Waals surface area contributed by atoms with Crippen LogP contribution in [0.25, 0.3) is 0 Å². The minimum atomic E-state index is -5.49.